The third kappa shape index (κ3) is 5.65. The molecule has 2 aromatic carbocycles. The van der Waals surface area contributed by atoms with E-state index < -0.39 is 29.7 Å². The average molecular weight is 396 g/mol. The number of hydrogen-bond acceptors (Lipinski definition) is 6. The number of carbonyl (C=O) groups excluding carboxylic acids is 4. The quantitative estimate of drug-likeness (QED) is 0.677. The van der Waals surface area contributed by atoms with Gasteiger partial charge >= 0.3 is 5.97 Å². The highest BCUT2D eigenvalue weighted by Gasteiger charge is 2.35. The smallest absolute Gasteiger partial charge is 0.355 e. The van der Waals surface area contributed by atoms with Crippen molar-refractivity contribution < 1.29 is 28.8 Å². The summed E-state index contributed by atoms with van der Waals surface area (Å²) < 4.78 is 5.38. The fourth-order valence-corrected chi connectivity index (χ4v) is 2.76. The first-order valence-corrected chi connectivity index (χ1v) is 9.11. The van der Waals surface area contributed by atoms with Crippen LogP contribution in [0.3, 0.4) is 0 Å². The summed E-state index contributed by atoms with van der Waals surface area (Å²) in [6.45, 7) is -0.301. The highest BCUT2D eigenvalue weighted by Crippen LogP contribution is 2.14. The molecule has 0 aromatic heterocycles. The summed E-state index contributed by atoms with van der Waals surface area (Å²) in [5.41, 5.74) is 0.776. The Morgan fingerprint density at radius 3 is 2.14 bits per heavy atom. The van der Waals surface area contributed by atoms with Crippen molar-refractivity contribution in [1.29, 1.82) is 0 Å². The van der Waals surface area contributed by atoms with Gasteiger partial charge in [0.05, 0.1) is 0 Å². The molecule has 1 aliphatic rings. The molecule has 1 saturated heterocycles. The average Bonchev–Trinajstić information content (AvgIpc) is 3.05. The van der Waals surface area contributed by atoms with Crippen LogP contribution in [-0.4, -0.2) is 41.4 Å². The Morgan fingerprint density at radius 1 is 0.931 bits per heavy atom. The van der Waals surface area contributed by atoms with Gasteiger partial charge in [-0.15, -0.1) is 5.06 Å². The lowest BCUT2D eigenvalue weighted by atomic mass is 10.1. The molecule has 1 aliphatic heterocycles. The van der Waals surface area contributed by atoms with Crippen molar-refractivity contribution in [3.05, 3.63) is 66.2 Å². The van der Waals surface area contributed by atoms with Crippen molar-refractivity contribution in [2.45, 2.75) is 25.3 Å². The van der Waals surface area contributed by atoms with E-state index in [1.165, 1.54) is 0 Å². The zero-order valence-corrected chi connectivity index (χ0v) is 15.6. The second kappa shape index (κ2) is 9.50. The van der Waals surface area contributed by atoms with Crippen LogP contribution in [0, 0.1) is 0 Å². The van der Waals surface area contributed by atoms with E-state index in [9.17, 15) is 19.2 Å². The molecule has 3 amide bonds. The van der Waals surface area contributed by atoms with Crippen LogP contribution in [0.2, 0.25) is 0 Å². The minimum absolute atomic E-state index is 0.00720. The van der Waals surface area contributed by atoms with Crippen LogP contribution >= 0.6 is 0 Å². The van der Waals surface area contributed by atoms with E-state index in [4.69, 9.17) is 9.57 Å². The number of para-hydroxylation sites is 1. The predicted molar refractivity (Wildman–Crippen MR) is 101 cm³/mol. The number of hydroxylamine groups is 2. The number of benzene rings is 2. The minimum Gasteiger partial charge on any atom is -0.484 e. The molecule has 1 heterocycles. The van der Waals surface area contributed by atoms with Gasteiger partial charge in [-0.3, -0.25) is 14.4 Å². The minimum atomic E-state index is -1.09. The van der Waals surface area contributed by atoms with E-state index in [1.54, 1.807) is 48.5 Å². The van der Waals surface area contributed by atoms with E-state index in [1.807, 2.05) is 12.1 Å². The molecule has 3 rings (SSSR count). The molecule has 2 aromatic rings. The third-order valence-electron chi connectivity index (χ3n) is 4.20. The van der Waals surface area contributed by atoms with Gasteiger partial charge in [-0.05, 0) is 17.7 Å². The lowest BCUT2D eigenvalue weighted by Crippen LogP contribution is -2.47. The molecule has 8 heteroatoms. The highest BCUT2D eigenvalue weighted by atomic mass is 16.7. The van der Waals surface area contributed by atoms with Gasteiger partial charge in [0, 0.05) is 19.3 Å². The molecule has 0 saturated carbocycles. The number of rotatable bonds is 8. The largest absolute Gasteiger partial charge is 0.484 e. The molecule has 150 valence electrons. The monoisotopic (exact) mass is 396 g/mol. The topological polar surface area (TPSA) is 102 Å². The van der Waals surface area contributed by atoms with Crippen LogP contribution in [-0.2, 0) is 30.4 Å². The summed E-state index contributed by atoms with van der Waals surface area (Å²) >= 11 is 0. The Morgan fingerprint density at radius 2 is 1.52 bits per heavy atom. The SMILES string of the molecule is O=C(COc1ccccc1)NC(Cc1ccccc1)C(=O)ON1C(=O)CCC1=O. The maximum absolute atomic E-state index is 12.6. The molecular formula is C21H20N2O6. The molecule has 0 bridgehead atoms. The Kier molecular flexibility index (Phi) is 6.57. The van der Waals surface area contributed by atoms with Gasteiger partial charge in [0.15, 0.2) is 6.61 Å². The van der Waals surface area contributed by atoms with Crippen LogP contribution in [0.5, 0.6) is 5.75 Å². The van der Waals surface area contributed by atoms with Crippen LogP contribution in [0.4, 0.5) is 0 Å². The number of carbonyl (C=O) groups is 4. The summed E-state index contributed by atoms with van der Waals surface area (Å²) in [4.78, 5) is 53.3. The Hall–Kier alpha value is -3.68. The normalized spacial score (nSPS) is 14.4. The first kappa shape index (κ1) is 20.1. The molecule has 0 radical (unpaired) electrons. The van der Waals surface area contributed by atoms with E-state index in [2.05, 4.69) is 5.32 Å². The van der Waals surface area contributed by atoms with E-state index in [0.29, 0.717) is 10.8 Å². The van der Waals surface area contributed by atoms with Gasteiger partial charge in [0.1, 0.15) is 11.8 Å². The Bertz CT molecular complexity index is 869. The van der Waals surface area contributed by atoms with Crippen LogP contribution in [0.1, 0.15) is 18.4 Å². The molecule has 1 fully saturated rings. The number of imide groups is 1. The van der Waals surface area contributed by atoms with Crippen LogP contribution in [0.15, 0.2) is 60.7 Å². The van der Waals surface area contributed by atoms with Crippen molar-refractivity contribution >= 4 is 23.7 Å². The third-order valence-corrected chi connectivity index (χ3v) is 4.20. The standard InChI is InChI=1S/C21H20N2O6/c24-18(14-28-16-9-5-2-6-10-16)22-17(13-15-7-3-1-4-8-15)21(27)29-23-19(25)11-12-20(23)26/h1-10,17H,11-14H2,(H,22,24). The van der Waals surface area contributed by atoms with Gasteiger partial charge in [-0.1, -0.05) is 48.5 Å². The maximum Gasteiger partial charge on any atom is 0.355 e. The molecule has 0 aliphatic carbocycles. The van der Waals surface area contributed by atoms with Crippen LogP contribution < -0.4 is 10.1 Å². The Balaban J connectivity index is 1.65. The lowest BCUT2D eigenvalue weighted by molar-refractivity contribution is -0.199. The Labute approximate surface area is 167 Å². The molecule has 0 spiro atoms. The van der Waals surface area contributed by atoms with Gasteiger partial charge < -0.3 is 14.9 Å². The number of nitrogens with one attached hydrogen (secondary N) is 1. The second-order valence-electron chi connectivity index (χ2n) is 6.40. The zero-order chi connectivity index (χ0) is 20.6. The maximum atomic E-state index is 12.6. The van der Waals surface area contributed by atoms with Crippen molar-refractivity contribution in [2.75, 3.05) is 6.61 Å². The summed E-state index contributed by atoms with van der Waals surface area (Å²) in [7, 11) is 0. The first-order chi connectivity index (χ1) is 14.0. The fourth-order valence-electron chi connectivity index (χ4n) is 2.76. The highest BCUT2D eigenvalue weighted by molar-refractivity contribution is 6.02. The zero-order valence-electron chi connectivity index (χ0n) is 15.6. The predicted octanol–water partition coefficient (Wildman–Crippen LogP) is 1.40. The number of hydrogen-bond donors (Lipinski definition) is 1. The van der Waals surface area contributed by atoms with E-state index >= 15 is 0 Å². The van der Waals surface area contributed by atoms with Gasteiger partial charge in [-0.25, -0.2) is 4.79 Å². The lowest BCUT2D eigenvalue weighted by Gasteiger charge is -2.20. The summed E-state index contributed by atoms with van der Waals surface area (Å²) in [6.07, 6.45) is 0.118. The summed E-state index contributed by atoms with van der Waals surface area (Å²) in [6, 6.07) is 16.7. The second-order valence-corrected chi connectivity index (χ2v) is 6.40. The van der Waals surface area contributed by atoms with Gasteiger partial charge in [-0.2, -0.15) is 0 Å². The molecule has 8 nitrogen and oxygen atoms in total. The number of ether oxygens (including phenoxy) is 1. The van der Waals surface area contributed by atoms with E-state index in [-0.39, 0.29) is 25.9 Å². The molecule has 1 unspecified atom stereocenters. The summed E-state index contributed by atoms with van der Waals surface area (Å²) in [5.74, 6) is -2.09. The van der Waals surface area contributed by atoms with Crippen LogP contribution in [0.25, 0.3) is 0 Å². The fraction of sp³-hybridized carbons (Fsp3) is 0.238. The van der Waals surface area contributed by atoms with Gasteiger partial charge in [0.2, 0.25) is 0 Å². The molecule has 29 heavy (non-hydrogen) atoms. The molecule has 1 N–H and O–H groups in total. The molecular weight excluding hydrogens is 376 g/mol. The van der Waals surface area contributed by atoms with Crippen molar-refractivity contribution in [3.8, 4) is 5.75 Å². The van der Waals surface area contributed by atoms with Gasteiger partial charge in [0.25, 0.3) is 17.7 Å². The number of nitrogens with zero attached hydrogens (tertiary/aromatic N) is 1. The first-order valence-electron chi connectivity index (χ1n) is 9.11. The van der Waals surface area contributed by atoms with Crippen molar-refractivity contribution in [1.82, 2.24) is 10.4 Å². The molecule has 1 atom stereocenters. The number of amides is 3. The summed E-state index contributed by atoms with van der Waals surface area (Å²) in [5, 5.41) is 3.02. The van der Waals surface area contributed by atoms with Crippen molar-refractivity contribution in [2.24, 2.45) is 0 Å². The van der Waals surface area contributed by atoms with Crippen molar-refractivity contribution in [3.63, 3.8) is 0 Å². The van der Waals surface area contributed by atoms with E-state index in [0.717, 1.165) is 5.56 Å².